The molecule has 1 heterocycles. The molecule has 19 heavy (non-hydrogen) atoms. The zero-order valence-corrected chi connectivity index (χ0v) is 11.4. The Labute approximate surface area is 117 Å². The topological polar surface area (TPSA) is 46.2 Å². The predicted octanol–water partition coefficient (Wildman–Crippen LogP) is 2.58. The first-order chi connectivity index (χ1) is 9.28. The summed E-state index contributed by atoms with van der Waals surface area (Å²) in [5, 5.41) is 6.78. The van der Waals surface area contributed by atoms with Gasteiger partial charge in [0.1, 0.15) is 5.75 Å². The van der Waals surface area contributed by atoms with Crippen molar-refractivity contribution in [1.29, 1.82) is 0 Å². The molecule has 0 spiro atoms. The van der Waals surface area contributed by atoms with Gasteiger partial charge < -0.3 is 15.4 Å². The number of anilines is 1. The number of thiocarbonyl (C=S) groups is 1. The lowest BCUT2D eigenvalue weighted by Crippen LogP contribution is -2.27. The van der Waals surface area contributed by atoms with Crippen molar-refractivity contribution in [1.82, 2.24) is 10.3 Å². The van der Waals surface area contributed by atoms with E-state index < -0.39 is 0 Å². The second-order valence-corrected chi connectivity index (χ2v) is 4.31. The Morgan fingerprint density at radius 2 is 2.05 bits per heavy atom. The lowest BCUT2D eigenvalue weighted by molar-refractivity contribution is 0.414. The summed E-state index contributed by atoms with van der Waals surface area (Å²) < 4.78 is 5.11. The molecule has 0 amide bonds. The van der Waals surface area contributed by atoms with E-state index in [9.17, 15) is 0 Å². The van der Waals surface area contributed by atoms with Crippen LogP contribution in [0.2, 0.25) is 0 Å². The maximum atomic E-state index is 5.21. The minimum absolute atomic E-state index is 0.573. The van der Waals surface area contributed by atoms with E-state index in [-0.39, 0.29) is 0 Å². The first-order valence-electron chi connectivity index (χ1n) is 5.86. The molecule has 0 bridgehead atoms. The lowest BCUT2D eigenvalue weighted by Gasteiger charge is -2.10. The van der Waals surface area contributed by atoms with Crippen molar-refractivity contribution in [2.24, 2.45) is 0 Å². The van der Waals surface area contributed by atoms with Crippen LogP contribution in [-0.2, 0) is 6.54 Å². The van der Waals surface area contributed by atoms with E-state index in [0.717, 1.165) is 17.0 Å². The van der Waals surface area contributed by atoms with Gasteiger partial charge in [0.2, 0.25) is 0 Å². The van der Waals surface area contributed by atoms with Crippen LogP contribution in [0, 0.1) is 0 Å². The van der Waals surface area contributed by atoms with Gasteiger partial charge >= 0.3 is 0 Å². The standard InChI is InChI=1S/C14H15N3OS/c1-18-13-6-4-11(5-7-13)9-16-14(19)17-12-3-2-8-15-10-12/h2-8,10H,9H2,1H3,(H2,16,17,19). The third-order valence-electron chi connectivity index (χ3n) is 2.53. The van der Waals surface area contributed by atoms with Gasteiger partial charge in [-0.15, -0.1) is 0 Å². The van der Waals surface area contributed by atoms with Crippen LogP contribution < -0.4 is 15.4 Å². The Kier molecular flexibility index (Phi) is 4.69. The van der Waals surface area contributed by atoms with E-state index >= 15 is 0 Å². The Morgan fingerprint density at radius 3 is 2.68 bits per heavy atom. The quantitative estimate of drug-likeness (QED) is 0.838. The Morgan fingerprint density at radius 1 is 1.26 bits per heavy atom. The van der Waals surface area contributed by atoms with E-state index in [4.69, 9.17) is 17.0 Å². The maximum Gasteiger partial charge on any atom is 0.171 e. The molecule has 5 heteroatoms. The van der Waals surface area contributed by atoms with Crippen LogP contribution in [0.15, 0.2) is 48.8 Å². The molecular formula is C14H15N3OS. The number of aromatic nitrogens is 1. The van der Waals surface area contributed by atoms with E-state index in [1.54, 1.807) is 19.5 Å². The van der Waals surface area contributed by atoms with Crippen molar-refractivity contribution in [3.8, 4) is 5.75 Å². The Hall–Kier alpha value is -2.14. The Bertz CT molecular complexity index is 528. The zero-order valence-electron chi connectivity index (χ0n) is 10.6. The third kappa shape index (κ3) is 4.22. The average Bonchev–Trinajstić information content (AvgIpc) is 2.47. The number of hydrogen-bond acceptors (Lipinski definition) is 3. The van der Waals surface area contributed by atoms with Crippen LogP contribution in [0.4, 0.5) is 5.69 Å². The number of nitrogens with zero attached hydrogens (tertiary/aromatic N) is 1. The van der Waals surface area contributed by atoms with Gasteiger partial charge in [0, 0.05) is 12.7 Å². The number of pyridine rings is 1. The molecule has 0 atom stereocenters. The molecular weight excluding hydrogens is 258 g/mol. The van der Waals surface area contributed by atoms with E-state index in [2.05, 4.69) is 15.6 Å². The van der Waals surface area contributed by atoms with Gasteiger partial charge in [-0.05, 0) is 42.0 Å². The van der Waals surface area contributed by atoms with Crippen molar-refractivity contribution >= 4 is 23.0 Å². The fourth-order valence-electron chi connectivity index (χ4n) is 1.54. The molecule has 4 nitrogen and oxygen atoms in total. The van der Waals surface area contributed by atoms with Gasteiger partial charge in [0.05, 0.1) is 19.0 Å². The molecule has 0 radical (unpaired) electrons. The highest BCUT2D eigenvalue weighted by atomic mass is 32.1. The molecule has 2 aromatic rings. The average molecular weight is 273 g/mol. The third-order valence-corrected chi connectivity index (χ3v) is 2.78. The lowest BCUT2D eigenvalue weighted by atomic mass is 10.2. The Balaban J connectivity index is 1.83. The summed E-state index contributed by atoms with van der Waals surface area (Å²) in [4.78, 5) is 4.01. The van der Waals surface area contributed by atoms with Gasteiger partial charge in [-0.25, -0.2) is 0 Å². The van der Waals surface area contributed by atoms with Crippen LogP contribution >= 0.6 is 12.2 Å². The summed E-state index contributed by atoms with van der Waals surface area (Å²) in [5.74, 6) is 0.847. The van der Waals surface area contributed by atoms with E-state index in [1.165, 1.54) is 0 Å². The summed E-state index contributed by atoms with van der Waals surface area (Å²) >= 11 is 5.21. The molecule has 0 fully saturated rings. The van der Waals surface area contributed by atoms with Gasteiger partial charge in [-0.3, -0.25) is 4.98 Å². The smallest absolute Gasteiger partial charge is 0.171 e. The fourth-order valence-corrected chi connectivity index (χ4v) is 1.73. The molecule has 0 unspecified atom stereocenters. The molecule has 0 saturated carbocycles. The van der Waals surface area contributed by atoms with Crippen LogP contribution in [0.25, 0.3) is 0 Å². The summed E-state index contributed by atoms with van der Waals surface area (Å²) in [6.07, 6.45) is 3.44. The van der Waals surface area contributed by atoms with Crippen LogP contribution in [0.5, 0.6) is 5.75 Å². The number of rotatable bonds is 4. The van der Waals surface area contributed by atoms with Crippen molar-refractivity contribution < 1.29 is 4.74 Å². The minimum atomic E-state index is 0.573. The molecule has 2 rings (SSSR count). The molecule has 0 aliphatic rings. The fraction of sp³-hybridized carbons (Fsp3) is 0.143. The number of nitrogens with one attached hydrogen (secondary N) is 2. The highest BCUT2D eigenvalue weighted by molar-refractivity contribution is 7.80. The first kappa shape index (κ1) is 13.3. The second-order valence-electron chi connectivity index (χ2n) is 3.90. The van der Waals surface area contributed by atoms with Crippen molar-refractivity contribution in [2.75, 3.05) is 12.4 Å². The van der Waals surface area contributed by atoms with Crippen LogP contribution in [0.3, 0.4) is 0 Å². The van der Waals surface area contributed by atoms with Crippen molar-refractivity contribution in [2.45, 2.75) is 6.54 Å². The van der Waals surface area contributed by atoms with Crippen LogP contribution in [-0.4, -0.2) is 17.2 Å². The molecule has 98 valence electrons. The minimum Gasteiger partial charge on any atom is -0.497 e. The van der Waals surface area contributed by atoms with E-state index in [1.807, 2.05) is 36.4 Å². The van der Waals surface area contributed by atoms with Gasteiger partial charge in [-0.1, -0.05) is 12.1 Å². The summed E-state index contributed by atoms with van der Waals surface area (Å²) in [6.45, 7) is 0.663. The first-order valence-corrected chi connectivity index (χ1v) is 6.26. The SMILES string of the molecule is COc1ccc(CNC(=S)Nc2cccnc2)cc1. The number of methoxy groups -OCH3 is 1. The normalized spacial score (nSPS) is 9.74. The number of benzene rings is 1. The van der Waals surface area contributed by atoms with E-state index in [0.29, 0.717) is 11.7 Å². The zero-order chi connectivity index (χ0) is 13.5. The molecule has 0 aliphatic heterocycles. The molecule has 0 aliphatic carbocycles. The molecule has 1 aromatic heterocycles. The largest absolute Gasteiger partial charge is 0.497 e. The summed E-state index contributed by atoms with van der Waals surface area (Å²) in [5.41, 5.74) is 2.01. The number of hydrogen-bond donors (Lipinski definition) is 2. The predicted molar refractivity (Wildman–Crippen MR) is 80.3 cm³/mol. The van der Waals surface area contributed by atoms with Gasteiger partial charge in [-0.2, -0.15) is 0 Å². The van der Waals surface area contributed by atoms with Crippen LogP contribution in [0.1, 0.15) is 5.56 Å². The van der Waals surface area contributed by atoms with Gasteiger partial charge in [0.25, 0.3) is 0 Å². The van der Waals surface area contributed by atoms with Crippen molar-refractivity contribution in [3.05, 3.63) is 54.4 Å². The highest BCUT2D eigenvalue weighted by Gasteiger charge is 1.98. The molecule has 1 aromatic carbocycles. The highest BCUT2D eigenvalue weighted by Crippen LogP contribution is 2.11. The monoisotopic (exact) mass is 273 g/mol. The second kappa shape index (κ2) is 6.70. The summed E-state index contributed by atoms with van der Waals surface area (Å²) in [7, 11) is 1.65. The molecule has 0 saturated heterocycles. The maximum absolute atomic E-state index is 5.21. The summed E-state index contributed by atoms with van der Waals surface area (Å²) in [6, 6.07) is 11.6. The number of ether oxygens (including phenoxy) is 1. The van der Waals surface area contributed by atoms with Crippen molar-refractivity contribution in [3.63, 3.8) is 0 Å². The van der Waals surface area contributed by atoms with Gasteiger partial charge in [0.15, 0.2) is 5.11 Å². The molecule has 2 N–H and O–H groups in total.